The molecule has 0 aliphatic carbocycles. The van der Waals surface area contributed by atoms with Crippen LogP contribution in [-0.4, -0.2) is 29.2 Å². The second kappa shape index (κ2) is 5.81. The molecule has 1 atom stereocenters. The predicted octanol–water partition coefficient (Wildman–Crippen LogP) is 2.31. The van der Waals surface area contributed by atoms with Gasteiger partial charge >= 0.3 is 0 Å². The Morgan fingerprint density at radius 1 is 1.45 bits per heavy atom. The van der Waals surface area contributed by atoms with Crippen LogP contribution in [0.15, 0.2) is 24.4 Å². The van der Waals surface area contributed by atoms with Gasteiger partial charge in [0.25, 0.3) is 0 Å². The van der Waals surface area contributed by atoms with Crippen LogP contribution < -0.4 is 10.6 Å². The third kappa shape index (κ3) is 2.78. The monoisotopic (exact) mass is 294 g/mol. The van der Waals surface area contributed by atoms with E-state index in [2.05, 4.69) is 20.8 Å². The lowest BCUT2D eigenvalue weighted by molar-refractivity contribution is -0.125. The average molecular weight is 295 g/mol. The van der Waals surface area contributed by atoms with E-state index in [-0.39, 0.29) is 23.7 Å². The number of aromatic nitrogens is 2. The lowest BCUT2D eigenvalue weighted by atomic mass is 9.82. The SMILES string of the molecule is CC1(C(=O)Nc2ccc3cn[nH]c3c2)CCCNC1.Cl. The summed E-state index contributed by atoms with van der Waals surface area (Å²) in [5.41, 5.74) is 1.43. The standard InChI is InChI=1S/C14H18N4O.ClH/c1-14(5-2-6-15-9-14)13(19)17-11-4-3-10-8-16-18-12(10)7-11;/h3-4,7-8,15H,2,5-6,9H2,1H3,(H,16,18)(H,17,19);1H. The highest BCUT2D eigenvalue weighted by Crippen LogP contribution is 2.27. The fourth-order valence-corrected chi connectivity index (χ4v) is 2.55. The predicted molar refractivity (Wildman–Crippen MR) is 82.2 cm³/mol. The number of aromatic amines is 1. The minimum Gasteiger partial charge on any atom is -0.326 e. The number of benzene rings is 1. The highest BCUT2D eigenvalue weighted by atomic mass is 35.5. The summed E-state index contributed by atoms with van der Waals surface area (Å²) >= 11 is 0. The molecule has 1 amide bonds. The van der Waals surface area contributed by atoms with Crippen molar-refractivity contribution in [3.63, 3.8) is 0 Å². The van der Waals surface area contributed by atoms with Gasteiger partial charge in [0.2, 0.25) is 5.91 Å². The Labute approximate surface area is 123 Å². The summed E-state index contributed by atoms with van der Waals surface area (Å²) in [6.45, 7) is 3.76. The molecule has 0 saturated carbocycles. The minimum absolute atomic E-state index is 0. The van der Waals surface area contributed by atoms with E-state index in [0.717, 1.165) is 42.5 Å². The molecule has 1 aromatic carbocycles. The van der Waals surface area contributed by atoms with Gasteiger partial charge in [0, 0.05) is 17.6 Å². The second-order valence-corrected chi connectivity index (χ2v) is 5.47. The summed E-state index contributed by atoms with van der Waals surface area (Å²) in [6.07, 6.45) is 3.74. The highest BCUT2D eigenvalue weighted by molar-refractivity contribution is 5.97. The topological polar surface area (TPSA) is 69.8 Å². The molecular formula is C14H19ClN4O. The largest absolute Gasteiger partial charge is 0.326 e. The van der Waals surface area contributed by atoms with Gasteiger partial charge in [0.1, 0.15) is 0 Å². The summed E-state index contributed by atoms with van der Waals surface area (Å²) in [7, 11) is 0. The molecule has 2 aromatic rings. The second-order valence-electron chi connectivity index (χ2n) is 5.47. The summed E-state index contributed by atoms with van der Waals surface area (Å²) < 4.78 is 0. The molecule has 108 valence electrons. The fraction of sp³-hybridized carbons (Fsp3) is 0.429. The number of piperidine rings is 1. The van der Waals surface area contributed by atoms with Crippen LogP contribution in [0, 0.1) is 5.41 Å². The van der Waals surface area contributed by atoms with Gasteiger partial charge in [0.15, 0.2) is 0 Å². The molecule has 0 radical (unpaired) electrons. The molecular weight excluding hydrogens is 276 g/mol. The number of hydrogen-bond donors (Lipinski definition) is 3. The third-order valence-corrected chi connectivity index (χ3v) is 3.85. The Balaban J connectivity index is 0.00000147. The molecule has 1 fully saturated rings. The number of rotatable bonds is 2. The van der Waals surface area contributed by atoms with Crippen LogP contribution in [0.5, 0.6) is 0 Å². The molecule has 0 spiro atoms. The zero-order chi connectivity index (χ0) is 13.3. The minimum atomic E-state index is -0.318. The number of carbonyl (C=O) groups excluding carboxylic acids is 1. The Bertz CT molecular complexity index is 604. The Morgan fingerprint density at radius 3 is 3.05 bits per heavy atom. The van der Waals surface area contributed by atoms with E-state index in [1.54, 1.807) is 6.20 Å². The number of H-pyrrole nitrogens is 1. The number of fused-ring (bicyclic) bond motifs is 1. The van der Waals surface area contributed by atoms with E-state index < -0.39 is 0 Å². The van der Waals surface area contributed by atoms with Crippen LogP contribution in [0.25, 0.3) is 10.9 Å². The molecule has 1 aliphatic rings. The first-order valence-electron chi connectivity index (χ1n) is 6.63. The Hall–Kier alpha value is -1.59. The van der Waals surface area contributed by atoms with Gasteiger partial charge in [-0.25, -0.2) is 0 Å². The lowest BCUT2D eigenvalue weighted by Gasteiger charge is -2.32. The van der Waals surface area contributed by atoms with Crippen molar-refractivity contribution in [1.82, 2.24) is 15.5 Å². The zero-order valence-electron chi connectivity index (χ0n) is 11.4. The van der Waals surface area contributed by atoms with Crippen LogP contribution in [-0.2, 0) is 4.79 Å². The molecule has 1 unspecified atom stereocenters. The molecule has 1 aliphatic heterocycles. The summed E-state index contributed by atoms with van der Waals surface area (Å²) in [4.78, 5) is 12.4. The summed E-state index contributed by atoms with van der Waals surface area (Å²) in [5, 5.41) is 14.2. The molecule has 1 saturated heterocycles. The number of nitrogens with zero attached hydrogens (tertiary/aromatic N) is 1. The lowest BCUT2D eigenvalue weighted by Crippen LogP contribution is -2.46. The van der Waals surface area contributed by atoms with Crippen molar-refractivity contribution in [2.45, 2.75) is 19.8 Å². The summed E-state index contributed by atoms with van der Waals surface area (Å²) in [5.74, 6) is 0.0820. The number of amides is 1. The van der Waals surface area contributed by atoms with Crippen molar-refractivity contribution in [1.29, 1.82) is 0 Å². The van der Waals surface area contributed by atoms with E-state index in [0.29, 0.717) is 0 Å². The smallest absolute Gasteiger partial charge is 0.231 e. The summed E-state index contributed by atoms with van der Waals surface area (Å²) in [6, 6.07) is 5.78. The molecule has 3 rings (SSSR count). The first kappa shape index (κ1) is 14.8. The van der Waals surface area contributed by atoms with E-state index >= 15 is 0 Å². The van der Waals surface area contributed by atoms with Crippen molar-refractivity contribution in [2.24, 2.45) is 5.41 Å². The van der Waals surface area contributed by atoms with Gasteiger partial charge in [-0.15, -0.1) is 12.4 Å². The van der Waals surface area contributed by atoms with Gasteiger partial charge in [-0.05, 0) is 44.5 Å². The van der Waals surface area contributed by atoms with E-state index in [1.165, 1.54) is 0 Å². The van der Waals surface area contributed by atoms with Crippen molar-refractivity contribution in [2.75, 3.05) is 18.4 Å². The maximum absolute atomic E-state index is 12.4. The van der Waals surface area contributed by atoms with Crippen LogP contribution in [0.2, 0.25) is 0 Å². The molecule has 6 heteroatoms. The van der Waals surface area contributed by atoms with Crippen LogP contribution >= 0.6 is 12.4 Å². The van der Waals surface area contributed by atoms with E-state index in [9.17, 15) is 4.79 Å². The molecule has 1 aromatic heterocycles. The van der Waals surface area contributed by atoms with Gasteiger partial charge < -0.3 is 10.6 Å². The van der Waals surface area contributed by atoms with Gasteiger partial charge in [0.05, 0.1) is 17.1 Å². The molecule has 3 N–H and O–H groups in total. The molecule has 20 heavy (non-hydrogen) atoms. The number of anilines is 1. The number of hydrogen-bond acceptors (Lipinski definition) is 3. The van der Waals surface area contributed by atoms with Crippen LogP contribution in [0.1, 0.15) is 19.8 Å². The zero-order valence-corrected chi connectivity index (χ0v) is 12.2. The Morgan fingerprint density at radius 2 is 2.30 bits per heavy atom. The third-order valence-electron chi connectivity index (χ3n) is 3.85. The van der Waals surface area contributed by atoms with E-state index in [4.69, 9.17) is 0 Å². The number of carbonyl (C=O) groups is 1. The highest BCUT2D eigenvalue weighted by Gasteiger charge is 2.34. The van der Waals surface area contributed by atoms with E-state index in [1.807, 2.05) is 25.1 Å². The first-order valence-corrected chi connectivity index (χ1v) is 6.63. The van der Waals surface area contributed by atoms with Crippen molar-refractivity contribution in [3.05, 3.63) is 24.4 Å². The van der Waals surface area contributed by atoms with Crippen LogP contribution in [0.3, 0.4) is 0 Å². The van der Waals surface area contributed by atoms with Gasteiger partial charge in [-0.3, -0.25) is 9.89 Å². The van der Waals surface area contributed by atoms with Crippen molar-refractivity contribution >= 4 is 34.9 Å². The molecule has 0 bridgehead atoms. The van der Waals surface area contributed by atoms with Crippen LogP contribution in [0.4, 0.5) is 5.69 Å². The average Bonchev–Trinajstić information content (AvgIpc) is 2.87. The number of halogens is 1. The first-order chi connectivity index (χ1) is 9.17. The Kier molecular flexibility index (Phi) is 4.30. The normalized spacial score (nSPS) is 22.2. The van der Waals surface area contributed by atoms with Gasteiger partial charge in [-0.1, -0.05) is 0 Å². The fourth-order valence-electron chi connectivity index (χ4n) is 2.55. The number of nitrogens with one attached hydrogen (secondary N) is 3. The maximum Gasteiger partial charge on any atom is 0.231 e. The van der Waals surface area contributed by atoms with Crippen molar-refractivity contribution in [3.8, 4) is 0 Å². The maximum atomic E-state index is 12.4. The quantitative estimate of drug-likeness (QED) is 0.796. The molecule has 2 heterocycles. The molecule has 5 nitrogen and oxygen atoms in total. The van der Waals surface area contributed by atoms with Gasteiger partial charge in [-0.2, -0.15) is 5.10 Å². The van der Waals surface area contributed by atoms with Crippen molar-refractivity contribution < 1.29 is 4.79 Å².